The lowest BCUT2D eigenvalue weighted by molar-refractivity contribution is -0.131. The van der Waals surface area contributed by atoms with Crippen LogP contribution in [0.2, 0.25) is 0 Å². The molecule has 27 heavy (non-hydrogen) atoms. The van der Waals surface area contributed by atoms with Gasteiger partial charge in [-0.2, -0.15) is 0 Å². The molecule has 0 saturated carbocycles. The van der Waals surface area contributed by atoms with Gasteiger partial charge in [0, 0.05) is 33.0 Å². The number of hydrogen-bond donors (Lipinski definition) is 0. The maximum Gasteiger partial charge on any atom is 0.410 e. The van der Waals surface area contributed by atoms with E-state index in [0.29, 0.717) is 50.4 Å². The van der Waals surface area contributed by atoms with E-state index in [1.54, 1.807) is 26.2 Å². The maximum atomic E-state index is 12.7. The van der Waals surface area contributed by atoms with Gasteiger partial charge in [0.05, 0.1) is 20.8 Å². The number of likely N-dealkylation sites (tertiary alicyclic amines) is 1. The molecule has 0 aliphatic carbocycles. The van der Waals surface area contributed by atoms with Crippen molar-refractivity contribution < 1.29 is 23.8 Å². The number of benzene rings is 1. The fourth-order valence-corrected chi connectivity index (χ4v) is 3.91. The third-order valence-electron chi connectivity index (χ3n) is 5.47. The number of likely N-dealkylation sites (N-methyl/N-ethyl adjacent to an activating group) is 1. The van der Waals surface area contributed by atoms with Crippen LogP contribution in [0.5, 0.6) is 11.5 Å². The van der Waals surface area contributed by atoms with Crippen LogP contribution < -0.4 is 9.47 Å². The van der Waals surface area contributed by atoms with E-state index in [9.17, 15) is 9.59 Å². The number of methoxy groups -OCH3 is 2. The Kier molecular flexibility index (Phi) is 5.77. The molecule has 7 heteroatoms. The van der Waals surface area contributed by atoms with Gasteiger partial charge >= 0.3 is 6.09 Å². The van der Waals surface area contributed by atoms with Crippen molar-refractivity contribution in [1.29, 1.82) is 0 Å². The zero-order chi connectivity index (χ0) is 19.4. The molecule has 2 aliphatic rings. The lowest BCUT2D eigenvalue weighted by Crippen LogP contribution is -2.36. The van der Waals surface area contributed by atoms with Crippen LogP contribution in [-0.2, 0) is 16.0 Å². The molecule has 2 amide bonds. The predicted octanol–water partition coefficient (Wildman–Crippen LogP) is 2.47. The molecule has 2 saturated heterocycles. The Morgan fingerprint density at radius 1 is 1.19 bits per heavy atom. The minimum Gasteiger partial charge on any atom is -0.493 e. The van der Waals surface area contributed by atoms with Crippen LogP contribution in [0.25, 0.3) is 0 Å². The Labute approximate surface area is 160 Å². The summed E-state index contributed by atoms with van der Waals surface area (Å²) in [6.45, 7) is 1.96. The Balaban J connectivity index is 1.55. The van der Waals surface area contributed by atoms with Crippen LogP contribution in [0.4, 0.5) is 4.79 Å². The summed E-state index contributed by atoms with van der Waals surface area (Å²) in [6, 6.07) is 5.73. The van der Waals surface area contributed by atoms with Gasteiger partial charge in [-0.15, -0.1) is 0 Å². The lowest BCUT2D eigenvalue weighted by atomic mass is 9.95. The zero-order valence-corrected chi connectivity index (χ0v) is 16.3. The minimum absolute atomic E-state index is 0.138. The van der Waals surface area contributed by atoms with Crippen LogP contribution in [0.3, 0.4) is 0 Å². The summed E-state index contributed by atoms with van der Waals surface area (Å²) in [7, 11) is 4.97. The number of ether oxygens (including phenoxy) is 3. The zero-order valence-electron chi connectivity index (χ0n) is 16.3. The summed E-state index contributed by atoms with van der Waals surface area (Å²) in [6.07, 6.45) is 3.20. The summed E-state index contributed by atoms with van der Waals surface area (Å²) >= 11 is 0. The molecule has 0 aromatic heterocycles. The normalized spacial score (nSPS) is 22.6. The Morgan fingerprint density at radius 3 is 2.63 bits per heavy atom. The summed E-state index contributed by atoms with van der Waals surface area (Å²) in [4.78, 5) is 27.9. The van der Waals surface area contributed by atoms with Gasteiger partial charge in [-0.1, -0.05) is 6.07 Å². The SMILES string of the molecule is COc1ccc(CCC(=O)N2CCC[C@]3(CC2)CN(C)C(=O)O3)cc1OC. The number of amides is 2. The van der Waals surface area contributed by atoms with E-state index in [2.05, 4.69) is 0 Å². The second-order valence-corrected chi connectivity index (χ2v) is 7.33. The highest BCUT2D eigenvalue weighted by Crippen LogP contribution is 2.33. The predicted molar refractivity (Wildman–Crippen MR) is 100 cm³/mol. The van der Waals surface area contributed by atoms with Gasteiger partial charge in [-0.05, 0) is 37.0 Å². The average Bonchev–Trinajstić information content (AvgIpc) is 2.83. The van der Waals surface area contributed by atoms with E-state index >= 15 is 0 Å². The number of rotatable bonds is 5. The van der Waals surface area contributed by atoms with Gasteiger partial charge in [0.1, 0.15) is 5.60 Å². The van der Waals surface area contributed by atoms with E-state index in [0.717, 1.165) is 18.4 Å². The molecule has 1 aromatic rings. The fraction of sp³-hybridized carbons (Fsp3) is 0.600. The van der Waals surface area contributed by atoms with Crippen LogP contribution in [0.1, 0.15) is 31.2 Å². The second kappa shape index (κ2) is 8.06. The summed E-state index contributed by atoms with van der Waals surface area (Å²) < 4.78 is 16.2. The third-order valence-corrected chi connectivity index (χ3v) is 5.47. The van der Waals surface area contributed by atoms with E-state index in [1.807, 2.05) is 23.1 Å². The molecule has 0 radical (unpaired) electrons. The van der Waals surface area contributed by atoms with Gasteiger partial charge in [0.15, 0.2) is 11.5 Å². The monoisotopic (exact) mass is 376 g/mol. The van der Waals surface area contributed by atoms with Crippen molar-refractivity contribution >= 4 is 12.0 Å². The van der Waals surface area contributed by atoms with Crippen molar-refractivity contribution in [3.63, 3.8) is 0 Å². The van der Waals surface area contributed by atoms with Crippen LogP contribution in [-0.4, -0.2) is 68.3 Å². The molecular formula is C20H28N2O5. The second-order valence-electron chi connectivity index (χ2n) is 7.33. The first kappa shape index (κ1) is 19.3. The first-order valence-corrected chi connectivity index (χ1v) is 9.39. The quantitative estimate of drug-likeness (QED) is 0.790. The van der Waals surface area contributed by atoms with E-state index in [4.69, 9.17) is 14.2 Å². The van der Waals surface area contributed by atoms with Crippen LogP contribution >= 0.6 is 0 Å². The largest absolute Gasteiger partial charge is 0.493 e. The molecule has 2 fully saturated rings. The smallest absolute Gasteiger partial charge is 0.410 e. The number of carbonyl (C=O) groups is 2. The lowest BCUT2D eigenvalue weighted by Gasteiger charge is -2.25. The summed E-state index contributed by atoms with van der Waals surface area (Å²) in [5, 5.41) is 0. The van der Waals surface area contributed by atoms with Gasteiger partial charge < -0.3 is 24.0 Å². The molecule has 0 N–H and O–H groups in total. The van der Waals surface area contributed by atoms with Crippen LogP contribution in [0.15, 0.2) is 18.2 Å². The molecule has 1 spiro atoms. The molecule has 2 aliphatic heterocycles. The topological polar surface area (TPSA) is 68.3 Å². The molecular weight excluding hydrogens is 348 g/mol. The number of aryl methyl sites for hydroxylation is 1. The number of nitrogens with zero attached hydrogens (tertiary/aromatic N) is 2. The first-order chi connectivity index (χ1) is 13.0. The highest BCUT2D eigenvalue weighted by atomic mass is 16.6. The van der Waals surface area contributed by atoms with Crippen molar-refractivity contribution in [2.45, 2.75) is 37.7 Å². The molecule has 3 rings (SSSR count). The van der Waals surface area contributed by atoms with Crippen molar-refractivity contribution in [3.05, 3.63) is 23.8 Å². The van der Waals surface area contributed by atoms with Crippen LogP contribution in [0, 0.1) is 0 Å². The minimum atomic E-state index is -0.426. The molecule has 1 atom stereocenters. The molecule has 148 valence electrons. The van der Waals surface area contributed by atoms with Gasteiger partial charge in [-0.3, -0.25) is 4.79 Å². The summed E-state index contributed by atoms with van der Waals surface area (Å²) in [5.74, 6) is 1.49. The highest BCUT2D eigenvalue weighted by molar-refractivity contribution is 5.76. The Morgan fingerprint density at radius 2 is 1.96 bits per heavy atom. The molecule has 0 bridgehead atoms. The third kappa shape index (κ3) is 4.28. The molecule has 1 aromatic carbocycles. The van der Waals surface area contributed by atoms with Gasteiger partial charge in [0.25, 0.3) is 0 Å². The van der Waals surface area contributed by atoms with E-state index in [1.165, 1.54) is 0 Å². The summed E-state index contributed by atoms with van der Waals surface area (Å²) in [5.41, 5.74) is 0.614. The molecule has 0 unspecified atom stereocenters. The van der Waals surface area contributed by atoms with Gasteiger partial charge in [0.2, 0.25) is 5.91 Å². The first-order valence-electron chi connectivity index (χ1n) is 9.39. The Bertz CT molecular complexity index is 708. The fourth-order valence-electron chi connectivity index (χ4n) is 3.91. The highest BCUT2D eigenvalue weighted by Gasteiger charge is 2.44. The number of hydrogen-bond acceptors (Lipinski definition) is 5. The van der Waals surface area contributed by atoms with E-state index < -0.39 is 5.60 Å². The van der Waals surface area contributed by atoms with Gasteiger partial charge in [-0.25, -0.2) is 4.79 Å². The average molecular weight is 376 g/mol. The van der Waals surface area contributed by atoms with Crippen molar-refractivity contribution in [3.8, 4) is 11.5 Å². The van der Waals surface area contributed by atoms with E-state index in [-0.39, 0.29) is 12.0 Å². The van der Waals surface area contributed by atoms with Crippen molar-refractivity contribution in [2.24, 2.45) is 0 Å². The molecule has 2 heterocycles. The number of carbonyl (C=O) groups excluding carboxylic acids is 2. The van der Waals surface area contributed by atoms with Crippen molar-refractivity contribution in [2.75, 3.05) is 40.9 Å². The Hall–Kier alpha value is -2.44. The standard InChI is InChI=1S/C20H28N2O5/c1-21-14-20(27-19(21)24)9-4-11-22(12-10-20)18(23)8-6-15-5-7-16(25-2)17(13-15)26-3/h5,7,13H,4,6,8-12,14H2,1-3H3/t20-/m0/s1. The maximum absolute atomic E-state index is 12.7. The molecule has 7 nitrogen and oxygen atoms in total. The van der Waals surface area contributed by atoms with Crippen molar-refractivity contribution in [1.82, 2.24) is 9.80 Å².